The average Bonchev–Trinajstić information content (AvgIpc) is 2.44. The highest BCUT2D eigenvalue weighted by Gasteiger charge is 2.53. The molecule has 0 aromatic heterocycles. The van der Waals surface area contributed by atoms with Gasteiger partial charge in [0.05, 0.1) is 18.8 Å². The molecule has 10 heteroatoms. The van der Waals surface area contributed by atoms with Gasteiger partial charge in [0, 0.05) is 19.5 Å². The van der Waals surface area contributed by atoms with Gasteiger partial charge in [-0.1, -0.05) is 0 Å². The van der Waals surface area contributed by atoms with Crippen LogP contribution in [-0.2, 0) is 9.53 Å². The van der Waals surface area contributed by atoms with Crippen LogP contribution in [0.1, 0.15) is 6.42 Å². The lowest BCUT2D eigenvalue weighted by Crippen LogP contribution is -2.67. The average molecular weight is 310 g/mol. The zero-order valence-electron chi connectivity index (χ0n) is 11.3. The Morgan fingerprint density at radius 1 is 1.48 bits per heavy atom. The molecule has 0 spiro atoms. The Hall–Kier alpha value is -0.850. The number of carboxylic acid groups (broad SMARTS) is 1. The van der Waals surface area contributed by atoms with E-state index in [1.807, 2.05) is 0 Å². The second kappa shape index (κ2) is 7.42. The summed E-state index contributed by atoms with van der Waals surface area (Å²) in [5, 5.41) is 59.8. The number of aliphatic hydroxyl groups excluding tert-OH is 4. The van der Waals surface area contributed by atoms with Gasteiger partial charge in [-0.2, -0.15) is 0 Å². The summed E-state index contributed by atoms with van der Waals surface area (Å²) in [4.78, 5) is 11.0. The number of hydrogen-bond acceptors (Lipinski definition) is 9. The first kappa shape index (κ1) is 18.2. The van der Waals surface area contributed by atoms with Crippen molar-refractivity contribution in [2.75, 3.05) is 19.7 Å². The van der Waals surface area contributed by atoms with E-state index in [1.165, 1.54) is 0 Å². The van der Waals surface area contributed by atoms with Gasteiger partial charge in [-0.15, -0.1) is 0 Å². The molecule has 0 aromatic carbocycles. The van der Waals surface area contributed by atoms with Crippen LogP contribution in [0.3, 0.4) is 0 Å². The molecule has 1 saturated heterocycles. The molecule has 0 aliphatic carbocycles. The Balaban J connectivity index is 2.99. The number of nitrogens with two attached hydrogens (primary N) is 1. The minimum Gasteiger partial charge on any atom is -0.477 e. The number of hydrogen-bond donors (Lipinski definition) is 8. The van der Waals surface area contributed by atoms with E-state index >= 15 is 0 Å². The Morgan fingerprint density at radius 3 is 2.57 bits per heavy atom. The van der Waals surface area contributed by atoms with E-state index in [0.717, 1.165) is 0 Å². The first-order chi connectivity index (χ1) is 9.76. The van der Waals surface area contributed by atoms with Crippen LogP contribution in [0.4, 0.5) is 0 Å². The quantitative estimate of drug-likeness (QED) is 0.228. The largest absolute Gasteiger partial charge is 0.477 e. The fourth-order valence-corrected chi connectivity index (χ4v) is 2.22. The molecular weight excluding hydrogens is 288 g/mol. The van der Waals surface area contributed by atoms with Crippen molar-refractivity contribution in [3.8, 4) is 0 Å². The van der Waals surface area contributed by atoms with Crippen LogP contribution in [0.15, 0.2) is 0 Å². The van der Waals surface area contributed by atoms with Crippen molar-refractivity contribution in [2.45, 2.75) is 42.7 Å². The maximum atomic E-state index is 11.0. The number of rotatable bonds is 7. The van der Waals surface area contributed by atoms with E-state index in [2.05, 4.69) is 5.32 Å². The minimum absolute atomic E-state index is 0.206. The highest BCUT2D eigenvalue weighted by Crippen LogP contribution is 2.30. The second-order valence-electron chi connectivity index (χ2n) is 4.95. The second-order valence-corrected chi connectivity index (χ2v) is 4.95. The molecule has 1 unspecified atom stereocenters. The van der Waals surface area contributed by atoms with Crippen molar-refractivity contribution in [1.29, 1.82) is 0 Å². The molecule has 1 aliphatic rings. The molecule has 0 radical (unpaired) electrons. The first-order valence-corrected chi connectivity index (χ1v) is 6.49. The van der Waals surface area contributed by atoms with Crippen LogP contribution in [0.25, 0.3) is 0 Å². The monoisotopic (exact) mass is 310 g/mol. The lowest BCUT2D eigenvalue weighted by Gasteiger charge is -2.44. The van der Waals surface area contributed by atoms with Gasteiger partial charge in [0.15, 0.2) is 0 Å². The maximum Gasteiger partial charge on any atom is 0.364 e. The van der Waals surface area contributed by atoms with Gasteiger partial charge in [-0.05, 0) is 0 Å². The Labute approximate surface area is 120 Å². The Kier molecular flexibility index (Phi) is 6.43. The molecule has 9 N–H and O–H groups in total. The Bertz CT molecular complexity index is 357. The van der Waals surface area contributed by atoms with Crippen LogP contribution in [0.5, 0.6) is 0 Å². The summed E-state index contributed by atoms with van der Waals surface area (Å²) in [5.74, 6) is -4.42. The Morgan fingerprint density at radius 2 is 2.10 bits per heavy atom. The molecule has 124 valence electrons. The number of nitrogens with one attached hydrogen (secondary N) is 1. The van der Waals surface area contributed by atoms with Crippen LogP contribution < -0.4 is 11.1 Å². The molecule has 0 saturated carbocycles. The normalized spacial score (nSPS) is 36.2. The van der Waals surface area contributed by atoms with Crippen molar-refractivity contribution in [3.05, 3.63) is 0 Å². The molecule has 0 bridgehead atoms. The smallest absolute Gasteiger partial charge is 0.364 e. The van der Waals surface area contributed by atoms with Crippen molar-refractivity contribution in [3.63, 3.8) is 0 Å². The molecule has 1 heterocycles. The van der Waals surface area contributed by atoms with E-state index in [4.69, 9.17) is 20.7 Å². The van der Waals surface area contributed by atoms with E-state index < -0.39 is 55.2 Å². The molecular formula is C11H22N2O8. The summed E-state index contributed by atoms with van der Waals surface area (Å²) in [6.07, 6.45) is -6.78. The van der Waals surface area contributed by atoms with Crippen molar-refractivity contribution in [2.24, 2.45) is 5.73 Å². The van der Waals surface area contributed by atoms with Gasteiger partial charge < -0.3 is 46.4 Å². The van der Waals surface area contributed by atoms with E-state index in [-0.39, 0.29) is 13.1 Å². The van der Waals surface area contributed by atoms with Gasteiger partial charge in [-0.3, -0.25) is 0 Å². The number of ether oxygens (including phenoxy) is 1. The zero-order chi connectivity index (χ0) is 16.2. The van der Waals surface area contributed by atoms with Crippen molar-refractivity contribution < 1.29 is 40.2 Å². The number of aliphatic carboxylic acids is 1. The lowest BCUT2D eigenvalue weighted by atomic mass is 9.88. The fourth-order valence-electron chi connectivity index (χ4n) is 2.22. The summed E-state index contributed by atoms with van der Waals surface area (Å²) in [7, 11) is 0. The third-order valence-corrected chi connectivity index (χ3v) is 3.36. The predicted octanol–water partition coefficient (Wildman–Crippen LogP) is -4.46. The summed E-state index contributed by atoms with van der Waals surface area (Å²) in [5.41, 5.74) is 5.32. The molecule has 1 rings (SSSR count). The standard InChI is InChI=1S/C11H22N2O8/c12-1-2-13-7-5(15)3-11(20,10(18)19)21-9(7)8(17)6(16)4-14/h5-9,13-17,20H,1-4,12H2,(H,18,19)/t5-,6+,7+,8+,9+,11?/m0/s1. The van der Waals surface area contributed by atoms with Crippen molar-refractivity contribution in [1.82, 2.24) is 5.32 Å². The molecule has 0 aromatic rings. The maximum absolute atomic E-state index is 11.0. The van der Waals surface area contributed by atoms with Gasteiger partial charge in [-0.25, -0.2) is 4.79 Å². The molecule has 0 amide bonds. The van der Waals surface area contributed by atoms with Gasteiger partial charge in [0.25, 0.3) is 5.79 Å². The van der Waals surface area contributed by atoms with Crippen LogP contribution in [0, 0.1) is 0 Å². The third kappa shape index (κ3) is 4.08. The molecule has 1 aliphatic heterocycles. The highest BCUT2D eigenvalue weighted by atomic mass is 16.7. The van der Waals surface area contributed by atoms with E-state index in [1.54, 1.807) is 0 Å². The lowest BCUT2D eigenvalue weighted by molar-refractivity contribution is -0.295. The number of aliphatic hydroxyl groups is 5. The van der Waals surface area contributed by atoms with Gasteiger partial charge in [0.1, 0.15) is 18.3 Å². The summed E-state index contributed by atoms with van der Waals surface area (Å²) in [6.45, 7) is -0.362. The van der Waals surface area contributed by atoms with E-state index in [9.17, 15) is 25.2 Å². The summed E-state index contributed by atoms with van der Waals surface area (Å²) < 4.78 is 4.97. The van der Waals surface area contributed by atoms with Crippen LogP contribution in [-0.4, -0.2) is 92.5 Å². The fraction of sp³-hybridized carbons (Fsp3) is 0.909. The van der Waals surface area contributed by atoms with Gasteiger partial charge in [0.2, 0.25) is 0 Å². The van der Waals surface area contributed by atoms with Crippen LogP contribution in [0.2, 0.25) is 0 Å². The molecule has 10 nitrogen and oxygen atoms in total. The third-order valence-electron chi connectivity index (χ3n) is 3.36. The number of carboxylic acids is 1. The highest BCUT2D eigenvalue weighted by molar-refractivity contribution is 5.75. The molecule has 21 heavy (non-hydrogen) atoms. The topological polar surface area (TPSA) is 186 Å². The van der Waals surface area contributed by atoms with E-state index in [0.29, 0.717) is 0 Å². The zero-order valence-corrected chi connectivity index (χ0v) is 11.3. The predicted molar refractivity (Wildman–Crippen MR) is 68.0 cm³/mol. The minimum atomic E-state index is -2.69. The van der Waals surface area contributed by atoms with Gasteiger partial charge >= 0.3 is 5.97 Å². The summed E-state index contributed by atoms with van der Waals surface area (Å²) >= 11 is 0. The SMILES string of the molecule is NCCN[C@H]1[C@H]([C@H](O)[C@H](O)CO)OC(O)(C(=O)O)C[C@@H]1O. The van der Waals surface area contributed by atoms with Crippen LogP contribution >= 0.6 is 0 Å². The van der Waals surface area contributed by atoms with Crippen molar-refractivity contribution >= 4 is 5.97 Å². The molecule has 1 fully saturated rings. The molecule has 6 atom stereocenters. The number of carbonyl (C=O) groups is 1. The summed E-state index contributed by atoms with van der Waals surface area (Å²) in [6, 6.07) is -0.968. The first-order valence-electron chi connectivity index (χ1n) is 6.49.